The Hall–Kier alpha value is -0.780. The molecule has 1 unspecified atom stereocenters. The van der Waals surface area contributed by atoms with Gasteiger partial charge in [0.05, 0.1) is 27.4 Å². The number of nitrogens with one attached hydrogen (secondary N) is 1. The fraction of sp³-hybridized carbons (Fsp3) is 0.625. The Kier molecular flexibility index (Phi) is 5.52. The lowest BCUT2D eigenvalue weighted by Crippen LogP contribution is -2.24. The molecule has 0 aliphatic carbocycles. The van der Waals surface area contributed by atoms with Crippen LogP contribution in [0.25, 0.3) is 0 Å². The first-order valence-corrected chi connectivity index (χ1v) is 9.26. The first-order valence-electron chi connectivity index (χ1n) is 7.50. The Bertz CT molecular complexity index is 566. The molecule has 0 aliphatic heterocycles. The first-order chi connectivity index (χ1) is 9.90. The summed E-state index contributed by atoms with van der Waals surface area (Å²) in [6.07, 6.45) is 2.05. The van der Waals surface area contributed by atoms with E-state index in [0.29, 0.717) is 0 Å². The Morgan fingerprint density at radius 2 is 1.95 bits per heavy atom. The van der Waals surface area contributed by atoms with Crippen LogP contribution >= 0.6 is 22.7 Å². The molecule has 0 aliphatic rings. The van der Waals surface area contributed by atoms with Gasteiger partial charge in [-0.1, -0.05) is 27.7 Å². The zero-order chi connectivity index (χ0) is 15.5. The lowest BCUT2D eigenvalue weighted by atomic mass is 9.93. The van der Waals surface area contributed by atoms with Crippen molar-refractivity contribution in [3.63, 3.8) is 0 Å². The van der Waals surface area contributed by atoms with E-state index in [-0.39, 0.29) is 11.5 Å². The van der Waals surface area contributed by atoms with E-state index in [9.17, 15) is 0 Å². The number of nitrogens with zero attached hydrogens (tertiary/aromatic N) is 2. The number of hydrogen-bond acceptors (Lipinski definition) is 5. The molecule has 0 amide bonds. The molecule has 0 aromatic carbocycles. The van der Waals surface area contributed by atoms with E-state index >= 15 is 0 Å². The lowest BCUT2D eigenvalue weighted by Gasteiger charge is -2.16. The molecule has 1 atom stereocenters. The van der Waals surface area contributed by atoms with Crippen LogP contribution in [0.15, 0.2) is 10.8 Å². The summed E-state index contributed by atoms with van der Waals surface area (Å²) in [5.74, 6) is 0. The summed E-state index contributed by atoms with van der Waals surface area (Å²) in [6.45, 7) is 11.9. The highest BCUT2D eigenvalue weighted by Crippen LogP contribution is 2.27. The van der Waals surface area contributed by atoms with Gasteiger partial charge in [0.1, 0.15) is 0 Å². The molecule has 0 radical (unpaired) electrons. The van der Waals surface area contributed by atoms with Crippen LogP contribution in [0.5, 0.6) is 0 Å². The van der Waals surface area contributed by atoms with Crippen LogP contribution in [0.3, 0.4) is 0 Å². The van der Waals surface area contributed by atoms with Crippen molar-refractivity contribution in [2.45, 2.75) is 58.9 Å². The van der Waals surface area contributed by atoms with Crippen molar-refractivity contribution in [1.82, 2.24) is 15.3 Å². The van der Waals surface area contributed by atoms with Crippen molar-refractivity contribution < 1.29 is 0 Å². The minimum absolute atomic E-state index is 0.123. The Labute approximate surface area is 135 Å². The third-order valence-corrected chi connectivity index (χ3v) is 5.00. The highest BCUT2D eigenvalue weighted by molar-refractivity contribution is 7.10. The quantitative estimate of drug-likeness (QED) is 0.851. The number of hydrogen-bond donors (Lipinski definition) is 1. The number of thiazole rings is 2. The van der Waals surface area contributed by atoms with E-state index in [1.165, 1.54) is 10.7 Å². The Morgan fingerprint density at radius 3 is 2.48 bits per heavy atom. The van der Waals surface area contributed by atoms with Crippen LogP contribution in [0.4, 0.5) is 0 Å². The smallest absolute Gasteiger partial charge is 0.0948 e. The van der Waals surface area contributed by atoms with E-state index < -0.39 is 0 Å². The van der Waals surface area contributed by atoms with E-state index in [2.05, 4.69) is 55.7 Å². The van der Waals surface area contributed by atoms with Crippen molar-refractivity contribution in [2.75, 3.05) is 6.54 Å². The maximum atomic E-state index is 4.82. The van der Waals surface area contributed by atoms with Crippen LogP contribution < -0.4 is 5.32 Å². The summed E-state index contributed by atoms with van der Waals surface area (Å²) in [6, 6.07) is 0.272. The molecular weight excluding hydrogens is 298 g/mol. The van der Waals surface area contributed by atoms with Gasteiger partial charge in [-0.05, 0) is 19.9 Å². The SMILES string of the molecule is CCCNC(Cc1nc(C(C)(C)C)cs1)c1csc(C)n1. The molecule has 0 saturated heterocycles. The molecule has 3 nitrogen and oxygen atoms in total. The predicted octanol–water partition coefficient (Wildman–Crippen LogP) is 4.49. The van der Waals surface area contributed by atoms with E-state index in [0.717, 1.165) is 30.1 Å². The van der Waals surface area contributed by atoms with Gasteiger partial charge in [-0.2, -0.15) is 0 Å². The molecule has 116 valence electrons. The Balaban J connectivity index is 2.13. The summed E-state index contributed by atoms with van der Waals surface area (Å²) < 4.78 is 0. The lowest BCUT2D eigenvalue weighted by molar-refractivity contribution is 0.514. The normalized spacial score (nSPS) is 13.6. The molecular formula is C16H25N3S2. The molecule has 0 fully saturated rings. The van der Waals surface area contributed by atoms with Gasteiger partial charge in [0.25, 0.3) is 0 Å². The molecule has 21 heavy (non-hydrogen) atoms. The minimum atomic E-state index is 0.123. The van der Waals surface area contributed by atoms with Crippen LogP contribution in [-0.2, 0) is 11.8 Å². The van der Waals surface area contributed by atoms with Crippen molar-refractivity contribution in [2.24, 2.45) is 0 Å². The second-order valence-corrected chi connectivity index (χ2v) is 8.38. The molecule has 0 saturated carbocycles. The molecule has 0 bridgehead atoms. The Morgan fingerprint density at radius 1 is 1.19 bits per heavy atom. The van der Waals surface area contributed by atoms with Gasteiger partial charge in [0.2, 0.25) is 0 Å². The van der Waals surface area contributed by atoms with Crippen molar-refractivity contribution >= 4 is 22.7 Å². The van der Waals surface area contributed by atoms with Gasteiger partial charge < -0.3 is 5.32 Å². The topological polar surface area (TPSA) is 37.8 Å². The fourth-order valence-corrected chi connectivity index (χ4v) is 3.80. The van der Waals surface area contributed by atoms with Gasteiger partial charge >= 0.3 is 0 Å². The third-order valence-electron chi connectivity index (χ3n) is 3.33. The largest absolute Gasteiger partial charge is 0.308 e. The average molecular weight is 324 g/mol. The van der Waals surface area contributed by atoms with Crippen molar-refractivity contribution in [3.05, 3.63) is 32.2 Å². The average Bonchev–Trinajstić information content (AvgIpc) is 3.02. The first kappa shape index (κ1) is 16.6. The van der Waals surface area contributed by atoms with Crippen LogP contribution in [0.2, 0.25) is 0 Å². The molecule has 1 N–H and O–H groups in total. The summed E-state index contributed by atoms with van der Waals surface area (Å²) >= 11 is 3.48. The number of rotatable bonds is 6. The van der Waals surface area contributed by atoms with Crippen molar-refractivity contribution in [1.29, 1.82) is 0 Å². The molecule has 2 heterocycles. The maximum Gasteiger partial charge on any atom is 0.0948 e. The van der Waals surface area contributed by atoms with Crippen molar-refractivity contribution in [3.8, 4) is 0 Å². The van der Waals surface area contributed by atoms with Crippen LogP contribution in [0, 0.1) is 6.92 Å². The third kappa shape index (κ3) is 4.59. The van der Waals surface area contributed by atoms with Crippen LogP contribution in [-0.4, -0.2) is 16.5 Å². The molecule has 5 heteroatoms. The monoisotopic (exact) mass is 323 g/mol. The molecule has 2 aromatic rings. The highest BCUT2D eigenvalue weighted by Gasteiger charge is 2.20. The second kappa shape index (κ2) is 6.99. The van der Waals surface area contributed by atoms with Gasteiger partial charge in [0.15, 0.2) is 0 Å². The van der Waals surface area contributed by atoms with Gasteiger partial charge in [-0.15, -0.1) is 22.7 Å². The van der Waals surface area contributed by atoms with E-state index in [1.807, 2.05) is 0 Å². The number of aromatic nitrogens is 2. The summed E-state index contributed by atoms with van der Waals surface area (Å²) in [4.78, 5) is 9.46. The summed E-state index contributed by atoms with van der Waals surface area (Å²) in [5.41, 5.74) is 2.46. The van der Waals surface area contributed by atoms with E-state index in [4.69, 9.17) is 4.98 Å². The molecule has 2 aromatic heterocycles. The minimum Gasteiger partial charge on any atom is -0.308 e. The summed E-state index contributed by atoms with van der Waals surface area (Å²) in [7, 11) is 0. The molecule has 0 spiro atoms. The standard InChI is InChI=1S/C16H25N3S2/c1-6-7-17-12(13-9-20-11(2)18-13)8-15-19-14(10-21-15)16(3,4)5/h9-10,12,17H,6-8H2,1-5H3. The van der Waals surface area contributed by atoms with Gasteiger partial charge in [0, 0.05) is 22.6 Å². The predicted molar refractivity (Wildman–Crippen MR) is 92.4 cm³/mol. The fourth-order valence-electron chi connectivity index (χ4n) is 2.06. The summed E-state index contributed by atoms with van der Waals surface area (Å²) in [5, 5.41) is 10.3. The van der Waals surface area contributed by atoms with Crippen LogP contribution in [0.1, 0.15) is 61.6 Å². The zero-order valence-electron chi connectivity index (χ0n) is 13.6. The van der Waals surface area contributed by atoms with Gasteiger partial charge in [-0.25, -0.2) is 9.97 Å². The zero-order valence-corrected chi connectivity index (χ0v) is 15.2. The van der Waals surface area contributed by atoms with Gasteiger partial charge in [-0.3, -0.25) is 0 Å². The second-order valence-electron chi connectivity index (χ2n) is 6.38. The maximum absolute atomic E-state index is 4.82. The number of aryl methyl sites for hydroxylation is 1. The highest BCUT2D eigenvalue weighted by atomic mass is 32.1. The van der Waals surface area contributed by atoms with E-state index in [1.54, 1.807) is 22.7 Å². The molecule has 2 rings (SSSR count).